The number of carbonyl (C=O) groups excluding carboxylic acids is 1. The van der Waals surface area contributed by atoms with Crippen molar-refractivity contribution in [3.8, 4) is 0 Å². The third-order valence-electron chi connectivity index (χ3n) is 2.08. The zero-order valence-electron chi connectivity index (χ0n) is 7.12. The lowest BCUT2D eigenvalue weighted by molar-refractivity contribution is -0.144. The smallest absolute Gasteiger partial charge is 0.303 e. The normalized spacial score (nSPS) is 17.2. The summed E-state index contributed by atoms with van der Waals surface area (Å²) in [5, 5.41) is 8.43. The number of aliphatic carboxylic acids is 1. The maximum Gasteiger partial charge on any atom is 0.303 e. The van der Waals surface area contributed by atoms with E-state index in [1.807, 2.05) is 6.92 Å². The minimum absolute atomic E-state index is 0.122. The van der Waals surface area contributed by atoms with Crippen molar-refractivity contribution in [3.63, 3.8) is 0 Å². The van der Waals surface area contributed by atoms with Gasteiger partial charge in [0.1, 0.15) is 0 Å². The number of carboxylic acids is 1. The molecule has 1 fully saturated rings. The van der Waals surface area contributed by atoms with Crippen LogP contribution in [0.2, 0.25) is 0 Å². The Morgan fingerprint density at radius 1 is 1.50 bits per heavy atom. The van der Waals surface area contributed by atoms with E-state index in [1.165, 1.54) is 0 Å². The second-order valence-electron chi connectivity index (χ2n) is 3.12. The molecule has 0 saturated carbocycles. The number of carboxylic acid groups (broad SMARTS) is 1. The largest absolute Gasteiger partial charge is 0.481 e. The van der Waals surface area contributed by atoms with E-state index in [9.17, 15) is 9.59 Å². The van der Waals surface area contributed by atoms with Gasteiger partial charge >= 0.3 is 5.97 Å². The van der Waals surface area contributed by atoms with Crippen LogP contribution >= 0.6 is 0 Å². The molecule has 1 aliphatic heterocycles. The van der Waals surface area contributed by atoms with Gasteiger partial charge in [0, 0.05) is 25.4 Å². The van der Waals surface area contributed by atoms with Crippen LogP contribution in [0, 0.1) is 5.92 Å². The summed E-state index contributed by atoms with van der Waals surface area (Å²) >= 11 is 0. The highest BCUT2D eigenvalue weighted by Gasteiger charge is 2.30. The van der Waals surface area contributed by atoms with Crippen LogP contribution in [0.3, 0.4) is 0 Å². The number of carbonyl (C=O) groups is 2. The van der Waals surface area contributed by atoms with Gasteiger partial charge in [-0.15, -0.1) is 0 Å². The molecule has 1 rings (SSSR count). The fourth-order valence-corrected chi connectivity index (χ4v) is 1.37. The fraction of sp³-hybridized carbons (Fsp3) is 0.750. The molecule has 4 nitrogen and oxygen atoms in total. The number of amides is 1. The number of rotatable bonds is 3. The molecule has 0 aromatic heterocycles. The van der Waals surface area contributed by atoms with E-state index in [-0.39, 0.29) is 18.2 Å². The number of nitrogens with zero attached hydrogens (tertiary/aromatic N) is 1. The molecule has 0 aromatic rings. The Balaban J connectivity index is 2.20. The molecule has 0 unspecified atom stereocenters. The molecule has 12 heavy (non-hydrogen) atoms. The molecule has 4 heteroatoms. The molecule has 0 aromatic carbocycles. The third kappa shape index (κ3) is 1.96. The molecular weight excluding hydrogens is 158 g/mol. The highest BCUT2D eigenvalue weighted by Crippen LogP contribution is 2.19. The van der Waals surface area contributed by atoms with Gasteiger partial charge in [-0.1, -0.05) is 6.92 Å². The Morgan fingerprint density at radius 3 is 2.50 bits per heavy atom. The van der Waals surface area contributed by atoms with E-state index in [0.717, 1.165) is 0 Å². The SMILES string of the molecule is CCC(=O)N1CC(CC(=O)O)C1. The van der Waals surface area contributed by atoms with Crippen LogP contribution in [-0.4, -0.2) is 35.0 Å². The first-order valence-corrected chi connectivity index (χ1v) is 4.13. The summed E-state index contributed by atoms with van der Waals surface area (Å²) in [4.78, 5) is 23.0. The van der Waals surface area contributed by atoms with Crippen molar-refractivity contribution in [3.05, 3.63) is 0 Å². The molecule has 0 aliphatic carbocycles. The van der Waals surface area contributed by atoms with E-state index >= 15 is 0 Å². The van der Waals surface area contributed by atoms with Crippen LogP contribution in [0.15, 0.2) is 0 Å². The van der Waals surface area contributed by atoms with Gasteiger partial charge in [-0.25, -0.2) is 0 Å². The zero-order valence-corrected chi connectivity index (χ0v) is 7.12. The summed E-state index contributed by atoms with van der Waals surface area (Å²) in [7, 11) is 0. The summed E-state index contributed by atoms with van der Waals surface area (Å²) in [6.07, 6.45) is 0.702. The van der Waals surface area contributed by atoms with Crippen molar-refractivity contribution in [1.29, 1.82) is 0 Å². The Labute approximate surface area is 71.2 Å². The van der Waals surface area contributed by atoms with Crippen LogP contribution in [0.1, 0.15) is 19.8 Å². The molecule has 1 saturated heterocycles. The highest BCUT2D eigenvalue weighted by molar-refractivity contribution is 5.77. The molecule has 0 atom stereocenters. The van der Waals surface area contributed by atoms with Crippen LogP contribution in [0.4, 0.5) is 0 Å². The Bertz CT molecular complexity index is 196. The van der Waals surface area contributed by atoms with E-state index in [0.29, 0.717) is 19.5 Å². The molecular formula is C8H13NO3. The molecule has 1 amide bonds. The van der Waals surface area contributed by atoms with Gasteiger partial charge in [0.25, 0.3) is 0 Å². The predicted molar refractivity (Wildman–Crippen MR) is 42.6 cm³/mol. The molecule has 1 N–H and O–H groups in total. The Morgan fingerprint density at radius 2 is 2.08 bits per heavy atom. The maximum atomic E-state index is 11.0. The Kier molecular flexibility index (Phi) is 2.68. The van der Waals surface area contributed by atoms with Crippen molar-refractivity contribution in [2.24, 2.45) is 5.92 Å². The van der Waals surface area contributed by atoms with Crippen LogP contribution in [0.25, 0.3) is 0 Å². The summed E-state index contributed by atoms with van der Waals surface area (Å²) in [5.41, 5.74) is 0. The van der Waals surface area contributed by atoms with Crippen molar-refractivity contribution in [2.75, 3.05) is 13.1 Å². The second-order valence-corrected chi connectivity index (χ2v) is 3.12. The molecule has 0 bridgehead atoms. The lowest BCUT2D eigenvalue weighted by atomic mass is 9.96. The average molecular weight is 171 g/mol. The third-order valence-corrected chi connectivity index (χ3v) is 2.08. The van der Waals surface area contributed by atoms with E-state index in [4.69, 9.17) is 5.11 Å². The monoisotopic (exact) mass is 171 g/mol. The minimum atomic E-state index is -0.774. The fourth-order valence-electron chi connectivity index (χ4n) is 1.37. The highest BCUT2D eigenvalue weighted by atomic mass is 16.4. The zero-order chi connectivity index (χ0) is 9.14. The second kappa shape index (κ2) is 3.56. The lowest BCUT2D eigenvalue weighted by Crippen LogP contribution is -2.50. The van der Waals surface area contributed by atoms with Crippen molar-refractivity contribution in [1.82, 2.24) is 4.90 Å². The molecule has 1 aliphatic rings. The topological polar surface area (TPSA) is 57.6 Å². The van der Waals surface area contributed by atoms with Gasteiger partial charge in [0.15, 0.2) is 0 Å². The minimum Gasteiger partial charge on any atom is -0.481 e. The Hall–Kier alpha value is -1.06. The number of likely N-dealkylation sites (tertiary alicyclic amines) is 1. The van der Waals surface area contributed by atoms with Gasteiger partial charge in [0.05, 0.1) is 6.42 Å². The maximum absolute atomic E-state index is 11.0. The van der Waals surface area contributed by atoms with Crippen molar-refractivity contribution in [2.45, 2.75) is 19.8 Å². The number of hydrogen-bond donors (Lipinski definition) is 1. The van der Waals surface area contributed by atoms with Gasteiger partial charge in [-0.3, -0.25) is 9.59 Å². The van der Waals surface area contributed by atoms with Gasteiger partial charge in [-0.05, 0) is 0 Å². The first kappa shape index (κ1) is 9.03. The van der Waals surface area contributed by atoms with Gasteiger partial charge in [-0.2, -0.15) is 0 Å². The lowest BCUT2D eigenvalue weighted by Gasteiger charge is -2.38. The molecule has 0 radical (unpaired) electrons. The van der Waals surface area contributed by atoms with Crippen LogP contribution < -0.4 is 0 Å². The first-order chi connectivity index (χ1) is 5.63. The quantitative estimate of drug-likeness (QED) is 0.665. The van der Waals surface area contributed by atoms with Gasteiger partial charge in [0.2, 0.25) is 5.91 Å². The van der Waals surface area contributed by atoms with Crippen LogP contribution in [-0.2, 0) is 9.59 Å². The summed E-state index contributed by atoms with van der Waals surface area (Å²) in [6, 6.07) is 0. The van der Waals surface area contributed by atoms with Gasteiger partial charge < -0.3 is 10.0 Å². The summed E-state index contributed by atoms with van der Waals surface area (Å²) < 4.78 is 0. The summed E-state index contributed by atoms with van der Waals surface area (Å²) in [5.74, 6) is -0.474. The van der Waals surface area contributed by atoms with Crippen molar-refractivity contribution >= 4 is 11.9 Å². The van der Waals surface area contributed by atoms with Crippen molar-refractivity contribution < 1.29 is 14.7 Å². The van der Waals surface area contributed by atoms with Crippen LogP contribution in [0.5, 0.6) is 0 Å². The summed E-state index contributed by atoms with van der Waals surface area (Å²) in [6.45, 7) is 3.06. The average Bonchev–Trinajstić information content (AvgIpc) is 1.94. The predicted octanol–water partition coefficient (Wildman–Crippen LogP) is 0.329. The standard InChI is InChI=1S/C8H13NO3/c1-2-7(10)9-4-6(5-9)3-8(11)12/h6H,2-5H2,1H3,(H,11,12). The molecule has 68 valence electrons. The first-order valence-electron chi connectivity index (χ1n) is 4.13. The van der Waals surface area contributed by atoms with E-state index < -0.39 is 5.97 Å². The van der Waals surface area contributed by atoms with E-state index in [2.05, 4.69) is 0 Å². The molecule has 0 spiro atoms. The molecule has 1 heterocycles. The van der Waals surface area contributed by atoms with E-state index in [1.54, 1.807) is 4.90 Å². The number of hydrogen-bond acceptors (Lipinski definition) is 2.